The molecule has 1 aromatic heterocycles. The first kappa shape index (κ1) is 22.5. The van der Waals surface area contributed by atoms with E-state index in [9.17, 15) is 9.59 Å². The molecule has 172 valence electrons. The number of hydrogen-bond donors (Lipinski definition) is 3. The van der Waals surface area contributed by atoms with Gasteiger partial charge in [-0.2, -0.15) is 0 Å². The summed E-state index contributed by atoms with van der Waals surface area (Å²) in [5, 5.41) is 19.3. The molecule has 0 spiro atoms. The summed E-state index contributed by atoms with van der Waals surface area (Å²) in [5.74, 6) is 0.271. The SMILES string of the molecule is CCCc1cccc(-c2cc(NC(=O)[C@@H]3CNC(=O)C3)nn2-c2cccc(OCCO)c2)c1. The van der Waals surface area contributed by atoms with Crippen molar-refractivity contribution in [2.24, 2.45) is 5.92 Å². The maximum atomic E-state index is 12.7. The number of carbonyl (C=O) groups is 2. The number of rotatable bonds is 9. The Balaban J connectivity index is 1.70. The van der Waals surface area contributed by atoms with E-state index in [0.29, 0.717) is 18.1 Å². The van der Waals surface area contributed by atoms with Crippen molar-refractivity contribution in [2.45, 2.75) is 26.2 Å². The van der Waals surface area contributed by atoms with Crippen molar-refractivity contribution in [3.8, 4) is 22.7 Å². The van der Waals surface area contributed by atoms with E-state index >= 15 is 0 Å². The predicted molar refractivity (Wildman–Crippen MR) is 125 cm³/mol. The lowest BCUT2D eigenvalue weighted by Gasteiger charge is -2.11. The summed E-state index contributed by atoms with van der Waals surface area (Å²) in [6.07, 6.45) is 2.20. The first-order chi connectivity index (χ1) is 16.1. The van der Waals surface area contributed by atoms with Crippen molar-refractivity contribution >= 4 is 17.6 Å². The summed E-state index contributed by atoms with van der Waals surface area (Å²) >= 11 is 0. The molecule has 2 aromatic carbocycles. The zero-order valence-electron chi connectivity index (χ0n) is 18.6. The van der Waals surface area contributed by atoms with Gasteiger partial charge in [0.05, 0.1) is 23.9 Å². The number of aryl methyl sites for hydroxylation is 1. The molecular formula is C25H28N4O4. The van der Waals surface area contributed by atoms with Crippen LogP contribution in [0.5, 0.6) is 5.75 Å². The first-order valence-corrected chi connectivity index (χ1v) is 11.2. The highest BCUT2D eigenvalue weighted by atomic mass is 16.5. The Morgan fingerprint density at radius 3 is 2.85 bits per heavy atom. The molecule has 3 aromatic rings. The topological polar surface area (TPSA) is 105 Å². The van der Waals surface area contributed by atoms with E-state index in [1.54, 1.807) is 4.68 Å². The number of aromatic nitrogens is 2. The van der Waals surface area contributed by atoms with Gasteiger partial charge in [0.25, 0.3) is 0 Å². The summed E-state index contributed by atoms with van der Waals surface area (Å²) in [7, 11) is 0. The molecule has 8 heteroatoms. The van der Waals surface area contributed by atoms with Gasteiger partial charge in [0.15, 0.2) is 5.82 Å². The lowest BCUT2D eigenvalue weighted by Crippen LogP contribution is -2.24. The molecule has 0 radical (unpaired) electrons. The summed E-state index contributed by atoms with van der Waals surface area (Å²) < 4.78 is 7.33. The van der Waals surface area contributed by atoms with Gasteiger partial charge < -0.3 is 20.5 Å². The van der Waals surface area contributed by atoms with Gasteiger partial charge in [-0.05, 0) is 30.2 Å². The van der Waals surface area contributed by atoms with Crippen molar-refractivity contribution in [2.75, 3.05) is 25.1 Å². The Morgan fingerprint density at radius 2 is 2.09 bits per heavy atom. The second-order valence-electron chi connectivity index (χ2n) is 8.04. The average Bonchev–Trinajstić information content (AvgIpc) is 3.45. The lowest BCUT2D eigenvalue weighted by molar-refractivity contribution is -0.123. The van der Waals surface area contributed by atoms with Crippen LogP contribution in [0.4, 0.5) is 5.82 Å². The normalized spacial score (nSPS) is 15.3. The Labute approximate surface area is 192 Å². The highest BCUT2D eigenvalue weighted by Crippen LogP contribution is 2.29. The number of nitrogens with zero attached hydrogens (tertiary/aromatic N) is 2. The van der Waals surface area contributed by atoms with Gasteiger partial charge in [-0.25, -0.2) is 4.68 Å². The van der Waals surface area contributed by atoms with Crippen LogP contribution in [0.1, 0.15) is 25.3 Å². The van der Waals surface area contributed by atoms with E-state index in [1.807, 2.05) is 42.5 Å². The van der Waals surface area contributed by atoms with Gasteiger partial charge in [0.1, 0.15) is 12.4 Å². The van der Waals surface area contributed by atoms with E-state index in [1.165, 1.54) is 5.56 Å². The lowest BCUT2D eigenvalue weighted by atomic mass is 10.0. The van der Waals surface area contributed by atoms with E-state index in [0.717, 1.165) is 29.8 Å². The zero-order chi connectivity index (χ0) is 23.2. The number of amides is 2. The summed E-state index contributed by atoms with van der Waals surface area (Å²) in [4.78, 5) is 24.2. The van der Waals surface area contributed by atoms with E-state index in [4.69, 9.17) is 9.84 Å². The van der Waals surface area contributed by atoms with Gasteiger partial charge in [-0.1, -0.05) is 37.6 Å². The van der Waals surface area contributed by atoms with Crippen LogP contribution in [-0.2, 0) is 16.0 Å². The van der Waals surface area contributed by atoms with Gasteiger partial charge in [-0.15, -0.1) is 5.10 Å². The van der Waals surface area contributed by atoms with Gasteiger partial charge in [-0.3, -0.25) is 9.59 Å². The Hall–Kier alpha value is -3.65. The quantitative estimate of drug-likeness (QED) is 0.467. The fourth-order valence-electron chi connectivity index (χ4n) is 3.91. The molecule has 1 saturated heterocycles. The van der Waals surface area contributed by atoms with Crippen molar-refractivity contribution in [3.05, 3.63) is 60.2 Å². The number of aliphatic hydroxyl groups is 1. The number of aliphatic hydroxyl groups excluding tert-OH is 1. The fourth-order valence-corrected chi connectivity index (χ4v) is 3.91. The third-order valence-corrected chi connectivity index (χ3v) is 5.49. The molecule has 33 heavy (non-hydrogen) atoms. The molecule has 0 saturated carbocycles. The van der Waals surface area contributed by atoms with E-state index in [-0.39, 0.29) is 31.4 Å². The third kappa shape index (κ3) is 5.40. The second kappa shape index (κ2) is 10.3. The van der Waals surface area contributed by atoms with Crippen LogP contribution in [0.15, 0.2) is 54.6 Å². The summed E-state index contributed by atoms with van der Waals surface area (Å²) in [5.41, 5.74) is 3.79. The van der Waals surface area contributed by atoms with Crippen molar-refractivity contribution in [1.29, 1.82) is 0 Å². The smallest absolute Gasteiger partial charge is 0.230 e. The number of benzene rings is 2. The van der Waals surface area contributed by atoms with Crippen LogP contribution in [0, 0.1) is 5.92 Å². The Morgan fingerprint density at radius 1 is 1.24 bits per heavy atom. The monoisotopic (exact) mass is 448 g/mol. The van der Waals surface area contributed by atoms with Crippen LogP contribution in [0.3, 0.4) is 0 Å². The first-order valence-electron chi connectivity index (χ1n) is 11.2. The van der Waals surface area contributed by atoms with Gasteiger partial charge >= 0.3 is 0 Å². The largest absolute Gasteiger partial charge is 0.491 e. The fraction of sp³-hybridized carbons (Fsp3) is 0.320. The third-order valence-electron chi connectivity index (χ3n) is 5.49. The molecule has 1 aliphatic rings. The van der Waals surface area contributed by atoms with Crippen molar-refractivity contribution < 1.29 is 19.4 Å². The minimum absolute atomic E-state index is 0.0732. The Bertz CT molecular complexity index is 1140. The molecule has 1 atom stereocenters. The molecule has 4 rings (SSSR count). The highest BCUT2D eigenvalue weighted by molar-refractivity contribution is 5.97. The molecule has 0 unspecified atom stereocenters. The molecular weight excluding hydrogens is 420 g/mol. The van der Waals surface area contributed by atoms with Crippen molar-refractivity contribution in [1.82, 2.24) is 15.1 Å². The molecule has 2 amide bonds. The summed E-state index contributed by atoms with van der Waals surface area (Å²) in [6.45, 7) is 2.60. The average molecular weight is 449 g/mol. The maximum Gasteiger partial charge on any atom is 0.230 e. The van der Waals surface area contributed by atoms with Crippen LogP contribution in [-0.4, -0.2) is 46.5 Å². The molecule has 3 N–H and O–H groups in total. The van der Waals surface area contributed by atoms with E-state index in [2.05, 4.69) is 34.8 Å². The highest BCUT2D eigenvalue weighted by Gasteiger charge is 2.28. The molecule has 1 fully saturated rings. The number of anilines is 1. The molecule has 1 aliphatic heterocycles. The minimum atomic E-state index is -0.408. The minimum Gasteiger partial charge on any atom is -0.491 e. The zero-order valence-corrected chi connectivity index (χ0v) is 18.6. The predicted octanol–water partition coefficient (Wildman–Crippen LogP) is 2.94. The number of ether oxygens (including phenoxy) is 1. The van der Waals surface area contributed by atoms with Gasteiger partial charge in [0.2, 0.25) is 11.8 Å². The summed E-state index contributed by atoms with van der Waals surface area (Å²) in [6, 6.07) is 17.5. The number of carbonyl (C=O) groups excluding carboxylic acids is 2. The second-order valence-corrected chi connectivity index (χ2v) is 8.04. The maximum absolute atomic E-state index is 12.7. The standard InChI is InChI=1S/C25H28N4O4/c1-2-5-17-6-3-7-18(12-17)22-15-23(27-25(32)19-13-24(31)26-16-19)28-29(22)20-8-4-9-21(14-20)33-11-10-30/h3-4,6-9,12,14-15,19,30H,2,5,10-11,13,16H2,1H3,(H,26,31)(H,27,28,32)/t19-/m0/s1. The van der Waals surface area contributed by atoms with Crippen LogP contribution in [0.2, 0.25) is 0 Å². The molecule has 0 bridgehead atoms. The van der Waals surface area contributed by atoms with Crippen LogP contribution in [0.25, 0.3) is 16.9 Å². The van der Waals surface area contributed by atoms with Crippen molar-refractivity contribution in [3.63, 3.8) is 0 Å². The van der Waals surface area contributed by atoms with E-state index < -0.39 is 5.92 Å². The molecule has 2 heterocycles. The van der Waals surface area contributed by atoms with Crippen LogP contribution < -0.4 is 15.4 Å². The van der Waals surface area contributed by atoms with Gasteiger partial charge in [0, 0.05) is 30.7 Å². The van der Waals surface area contributed by atoms with Crippen LogP contribution >= 0.6 is 0 Å². The number of hydrogen-bond acceptors (Lipinski definition) is 5. The molecule has 8 nitrogen and oxygen atoms in total. The Kier molecular flexibility index (Phi) is 7.04. The molecule has 0 aliphatic carbocycles. The number of nitrogens with one attached hydrogen (secondary N) is 2.